The van der Waals surface area contributed by atoms with E-state index in [1.807, 2.05) is 24.3 Å². The van der Waals surface area contributed by atoms with Crippen LogP contribution in [0.2, 0.25) is 0 Å². The number of aryl methyl sites for hydroxylation is 1. The predicted molar refractivity (Wildman–Crippen MR) is 80.0 cm³/mol. The Hall–Kier alpha value is -1.98. The first-order chi connectivity index (χ1) is 9.31. The molecule has 0 unspecified atom stereocenters. The second-order valence-electron chi connectivity index (χ2n) is 4.18. The van der Waals surface area contributed by atoms with E-state index in [0.29, 0.717) is 5.82 Å². The van der Waals surface area contributed by atoms with Crippen LogP contribution in [0.3, 0.4) is 0 Å². The Morgan fingerprint density at radius 1 is 1.16 bits per heavy atom. The van der Waals surface area contributed by atoms with Gasteiger partial charge in [-0.25, -0.2) is 15.8 Å². The Labute approximate surface area is 115 Å². The largest absolute Gasteiger partial charge is 0.308 e. The monoisotopic (exact) mass is 270 g/mol. The van der Waals surface area contributed by atoms with Crippen molar-refractivity contribution in [2.24, 2.45) is 5.84 Å². The van der Waals surface area contributed by atoms with Gasteiger partial charge in [-0.15, -0.1) is 11.3 Å². The number of benzene rings is 1. The summed E-state index contributed by atoms with van der Waals surface area (Å²) in [6, 6.07) is 12.0. The quantitative estimate of drug-likeness (QED) is 0.566. The fourth-order valence-electron chi connectivity index (χ4n) is 1.98. The summed E-state index contributed by atoms with van der Waals surface area (Å²) in [5, 5.41) is 0.932. The molecule has 0 aliphatic rings. The van der Waals surface area contributed by atoms with Gasteiger partial charge >= 0.3 is 0 Å². The average molecular weight is 270 g/mol. The molecule has 0 bridgehead atoms. The number of aromatic nitrogens is 2. The van der Waals surface area contributed by atoms with Gasteiger partial charge in [-0.1, -0.05) is 19.1 Å². The topological polar surface area (TPSA) is 63.8 Å². The van der Waals surface area contributed by atoms with E-state index in [4.69, 9.17) is 5.84 Å². The third kappa shape index (κ3) is 2.18. The fourth-order valence-corrected chi connectivity index (χ4v) is 2.87. The van der Waals surface area contributed by atoms with Crippen molar-refractivity contribution in [1.82, 2.24) is 9.97 Å². The molecular weight excluding hydrogens is 256 g/mol. The molecule has 1 aromatic carbocycles. The molecule has 0 aliphatic carbocycles. The van der Waals surface area contributed by atoms with Gasteiger partial charge in [0, 0.05) is 10.3 Å². The highest BCUT2D eigenvalue weighted by Crippen LogP contribution is 2.29. The maximum atomic E-state index is 5.56. The molecule has 3 aromatic rings. The third-order valence-corrected chi connectivity index (χ3v) is 4.20. The number of thiophene rings is 1. The van der Waals surface area contributed by atoms with Crippen LogP contribution >= 0.6 is 11.3 Å². The van der Waals surface area contributed by atoms with Crippen LogP contribution in [0.5, 0.6) is 0 Å². The van der Waals surface area contributed by atoms with Crippen molar-refractivity contribution in [3.05, 3.63) is 41.3 Å². The minimum absolute atomic E-state index is 0.659. The number of hydrazine groups is 1. The Morgan fingerprint density at radius 2 is 2.00 bits per heavy atom. The number of para-hydroxylation sites is 1. The van der Waals surface area contributed by atoms with Gasteiger partial charge in [0.1, 0.15) is 0 Å². The molecule has 3 N–H and O–H groups in total. The van der Waals surface area contributed by atoms with Crippen molar-refractivity contribution in [2.75, 3.05) is 5.43 Å². The number of nitrogen functional groups attached to an aromatic ring is 1. The van der Waals surface area contributed by atoms with E-state index in [2.05, 4.69) is 34.5 Å². The van der Waals surface area contributed by atoms with E-state index in [-0.39, 0.29) is 0 Å². The summed E-state index contributed by atoms with van der Waals surface area (Å²) >= 11 is 1.72. The SMILES string of the molecule is CCc1ccc(-c2nc(NN)c3ccccc3n2)s1. The van der Waals surface area contributed by atoms with Crippen molar-refractivity contribution >= 4 is 28.1 Å². The number of anilines is 1. The molecule has 0 saturated heterocycles. The van der Waals surface area contributed by atoms with Crippen LogP contribution in [0.25, 0.3) is 21.6 Å². The van der Waals surface area contributed by atoms with Crippen LogP contribution in [0.4, 0.5) is 5.82 Å². The molecule has 5 heteroatoms. The fraction of sp³-hybridized carbons (Fsp3) is 0.143. The first-order valence-electron chi connectivity index (χ1n) is 6.14. The van der Waals surface area contributed by atoms with Crippen LogP contribution in [0, 0.1) is 0 Å². The van der Waals surface area contributed by atoms with Crippen molar-refractivity contribution in [3.8, 4) is 10.7 Å². The van der Waals surface area contributed by atoms with Crippen LogP contribution in [-0.2, 0) is 6.42 Å². The molecule has 19 heavy (non-hydrogen) atoms. The molecule has 0 aliphatic heterocycles. The summed E-state index contributed by atoms with van der Waals surface area (Å²) in [5.41, 5.74) is 3.55. The predicted octanol–water partition coefficient (Wildman–Crippen LogP) is 3.21. The minimum atomic E-state index is 0.659. The van der Waals surface area contributed by atoms with Crippen LogP contribution in [0.1, 0.15) is 11.8 Å². The van der Waals surface area contributed by atoms with E-state index in [9.17, 15) is 0 Å². The van der Waals surface area contributed by atoms with Crippen molar-refractivity contribution in [3.63, 3.8) is 0 Å². The molecule has 0 amide bonds. The lowest BCUT2D eigenvalue weighted by atomic mass is 10.2. The molecule has 0 saturated carbocycles. The van der Waals surface area contributed by atoms with Gasteiger partial charge < -0.3 is 5.43 Å². The molecule has 0 radical (unpaired) electrons. The maximum absolute atomic E-state index is 5.56. The summed E-state index contributed by atoms with van der Waals surface area (Å²) in [6.07, 6.45) is 1.03. The second kappa shape index (κ2) is 4.95. The Balaban J connectivity index is 2.18. The molecular formula is C14H14N4S. The molecule has 4 nitrogen and oxygen atoms in total. The zero-order chi connectivity index (χ0) is 13.2. The highest BCUT2D eigenvalue weighted by atomic mass is 32.1. The van der Waals surface area contributed by atoms with E-state index in [1.54, 1.807) is 11.3 Å². The van der Waals surface area contributed by atoms with Gasteiger partial charge in [-0.05, 0) is 30.7 Å². The Morgan fingerprint density at radius 3 is 2.74 bits per heavy atom. The first kappa shape index (κ1) is 12.1. The standard InChI is InChI=1S/C14H14N4S/c1-2-9-7-8-12(19-9)14-16-11-6-4-3-5-10(11)13(17-14)18-15/h3-8H,2,15H2,1H3,(H,16,17,18). The summed E-state index contributed by atoms with van der Waals surface area (Å²) in [5.74, 6) is 6.94. The first-order valence-corrected chi connectivity index (χ1v) is 6.96. The van der Waals surface area contributed by atoms with E-state index < -0.39 is 0 Å². The van der Waals surface area contributed by atoms with Crippen LogP contribution in [-0.4, -0.2) is 9.97 Å². The summed E-state index contributed by atoms with van der Waals surface area (Å²) in [6.45, 7) is 2.14. The lowest BCUT2D eigenvalue weighted by Gasteiger charge is -2.06. The third-order valence-electron chi connectivity index (χ3n) is 2.97. The van der Waals surface area contributed by atoms with Crippen molar-refractivity contribution in [2.45, 2.75) is 13.3 Å². The summed E-state index contributed by atoms with van der Waals surface area (Å²) < 4.78 is 0. The normalized spacial score (nSPS) is 10.8. The Bertz CT molecular complexity index is 720. The zero-order valence-corrected chi connectivity index (χ0v) is 11.4. The van der Waals surface area contributed by atoms with Gasteiger partial charge in [0.25, 0.3) is 0 Å². The number of hydrogen-bond donors (Lipinski definition) is 2. The number of rotatable bonds is 3. The second-order valence-corrected chi connectivity index (χ2v) is 5.35. The molecule has 2 aromatic heterocycles. The van der Waals surface area contributed by atoms with Gasteiger partial charge in [-0.2, -0.15) is 0 Å². The lowest BCUT2D eigenvalue weighted by Crippen LogP contribution is -2.10. The van der Waals surface area contributed by atoms with Crippen molar-refractivity contribution < 1.29 is 0 Å². The smallest absolute Gasteiger partial charge is 0.172 e. The molecule has 96 valence electrons. The minimum Gasteiger partial charge on any atom is -0.308 e. The van der Waals surface area contributed by atoms with Gasteiger partial charge in [0.2, 0.25) is 0 Å². The molecule has 3 rings (SSSR count). The maximum Gasteiger partial charge on any atom is 0.172 e. The molecule has 0 spiro atoms. The number of hydrogen-bond acceptors (Lipinski definition) is 5. The average Bonchev–Trinajstić information content (AvgIpc) is 2.95. The number of nitrogens with zero attached hydrogens (tertiary/aromatic N) is 2. The summed E-state index contributed by atoms with van der Waals surface area (Å²) in [7, 11) is 0. The molecule has 0 fully saturated rings. The number of nitrogens with two attached hydrogens (primary N) is 1. The highest BCUT2D eigenvalue weighted by molar-refractivity contribution is 7.15. The van der Waals surface area contributed by atoms with E-state index >= 15 is 0 Å². The molecule has 0 atom stereocenters. The number of fused-ring (bicyclic) bond motifs is 1. The van der Waals surface area contributed by atoms with Crippen LogP contribution in [0.15, 0.2) is 36.4 Å². The van der Waals surface area contributed by atoms with Gasteiger partial charge in [0.05, 0.1) is 10.4 Å². The van der Waals surface area contributed by atoms with Crippen molar-refractivity contribution in [1.29, 1.82) is 0 Å². The molecule has 2 heterocycles. The van der Waals surface area contributed by atoms with E-state index in [0.717, 1.165) is 28.0 Å². The van der Waals surface area contributed by atoms with Crippen LogP contribution < -0.4 is 11.3 Å². The Kier molecular flexibility index (Phi) is 3.15. The highest BCUT2D eigenvalue weighted by Gasteiger charge is 2.10. The van der Waals surface area contributed by atoms with Gasteiger partial charge in [0.15, 0.2) is 11.6 Å². The van der Waals surface area contributed by atoms with E-state index in [1.165, 1.54) is 4.88 Å². The summed E-state index contributed by atoms with van der Waals surface area (Å²) in [4.78, 5) is 11.5. The lowest BCUT2D eigenvalue weighted by molar-refractivity contribution is 1.19. The number of nitrogens with one attached hydrogen (secondary N) is 1. The zero-order valence-electron chi connectivity index (χ0n) is 10.6. The van der Waals surface area contributed by atoms with Gasteiger partial charge in [-0.3, -0.25) is 0 Å².